The second-order valence-electron chi connectivity index (χ2n) is 11.2. The zero-order valence-electron chi connectivity index (χ0n) is 24.4. The van der Waals surface area contributed by atoms with Crippen LogP contribution >= 0.6 is 27.5 Å². The average Bonchev–Trinajstić information content (AvgIpc) is 2.94. The molecular formula is C29H38BrClN8O2S. The van der Waals surface area contributed by atoms with Crippen molar-refractivity contribution in [3.63, 3.8) is 0 Å². The van der Waals surface area contributed by atoms with Crippen LogP contribution in [-0.4, -0.2) is 86.8 Å². The molecule has 0 aliphatic carbocycles. The zero-order chi connectivity index (χ0) is 30.0. The molecule has 0 atom stereocenters. The minimum Gasteiger partial charge on any atom is -0.371 e. The standard InChI is InChI=1S/C29H38BrClN8O2S/c1-19-5-6-24(36-42(4,40)41)26(15-19)33-28-22(30)18-32-29(35-28)34-25-16-20(2)27(17-23(25)31)39-9-7-21(8-10-39)38-13-11-37(3)12-14-38/h5-6,15-18,21,36H,7-14H2,1-4H3,(H2,32,33,34,35). The van der Waals surface area contributed by atoms with E-state index in [0.717, 1.165) is 75.2 Å². The van der Waals surface area contributed by atoms with Gasteiger partial charge in [-0.2, -0.15) is 4.98 Å². The van der Waals surface area contributed by atoms with Gasteiger partial charge in [0.1, 0.15) is 5.82 Å². The van der Waals surface area contributed by atoms with E-state index in [4.69, 9.17) is 11.6 Å². The molecule has 0 saturated carbocycles. The van der Waals surface area contributed by atoms with Gasteiger partial charge in [-0.3, -0.25) is 9.62 Å². The molecule has 0 amide bonds. The summed E-state index contributed by atoms with van der Waals surface area (Å²) in [5.41, 5.74) is 4.96. The smallest absolute Gasteiger partial charge is 0.229 e. The molecule has 1 aromatic heterocycles. The van der Waals surface area contributed by atoms with Crippen molar-refractivity contribution < 1.29 is 8.42 Å². The molecule has 3 aromatic rings. The van der Waals surface area contributed by atoms with Crippen molar-refractivity contribution in [3.05, 3.63) is 57.2 Å². The van der Waals surface area contributed by atoms with Crippen LogP contribution in [0.3, 0.4) is 0 Å². The summed E-state index contributed by atoms with van der Waals surface area (Å²) in [6.45, 7) is 10.7. The van der Waals surface area contributed by atoms with Gasteiger partial charge in [0.25, 0.3) is 0 Å². The van der Waals surface area contributed by atoms with Gasteiger partial charge in [0.15, 0.2) is 0 Å². The Morgan fingerprint density at radius 1 is 0.952 bits per heavy atom. The van der Waals surface area contributed by atoms with Gasteiger partial charge in [-0.05, 0) is 85.1 Å². The van der Waals surface area contributed by atoms with Crippen molar-refractivity contribution in [1.29, 1.82) is 0 Å². The lowest BCUT2D eigenvalue weighted by Gasteiger charge is -2.43. The summed E-state index contributed by atoms with van der Waals surface area (Å²) in [7, 11) is -1.26. The topological polar surface area (TPSA) is 106 Å². The summed E-state index contributed by atoms with van der Waals surface area (Å²) < 4.78 is 26.9. The normalized spacial score (nSPS) is 17.3. The van der Waals surface area contributed by atoms with E-state index in [2.05, 4.69) is 69.9 Å². The van der Waals surface area contributed by atoms with Gasteiger partial charge >= 0.3 is 0 Å². The van der Waals surface area contributed by atoms with Gasteiger partial charge in [-0.1, -0.05) is 17.7 Å². The number of aryl methyl sites for hydroxylation is 2. The highest BCUT2D eigenvalue weighted by Crippen LogP contribution is 2.35. The third kappa shape index (κ3) is 7.65. The molecule has 2 aliphatic rings. The zero-order valence-corrected chi connectivity index (χ0v) is 27.6. The number of hydrogen-bond donors (Lipinski definition) is 3. The van der Waals surface area contributed by atoms with E-state index in [1.807, 2.05) is 31.2 Å². The van der Waals surface area contributed by atoms with Crippen molar-refractivity contribution in [2.75, 3.05) is 72.8 Å². The summed E-state index contributed by atoms with van der Waals surface area (Å²) in [6.07, 6.45) is 5.07. The van der Waals surface area contributed by atoms with E-state index in [9.17, 15) is 8.42 Å². The van der Waals surface area contributed by atoms with Gasteiger partial charge in [0, 0.05) is 57.2 Å². The average molecular weight is 678 g/mol. The first kappa shape index (κ1) is 30.8. The quantitative estimate of drug-likeness (QED) is 0.282. The molecule has 0 radical (unpaired) electrons. The molecule has 2 aliphatic heterocycles. The lowest BCUT2D eigenvalue weighted by atomic mass is 10.0. The lowest BCUT2D eigenvalue weighted by molar-refractivity contribution is 0.0982. The van der Waals surface area contributed by atoms with Crippen LogP contribution in [0.4, 0.5) is 34.5 Å². The van der Waals surface area contributed by atoms with E-state index in [0.29, 0.717) is 44.4 Å². The van der Waals surface area contributed by atoms with Crippen molar-refractivity contribution in [2.45, 2.75) is 32.7 Å². The van der Waals surface area contributed by atoms with Crippen LogP contribution in [0.15, 0.2) is 41.0 Å². The van der Waals surface area contributed by atoms with Crippen molar-refractivity contribution in [3.8, 4) is 0 Å². The summed E-state index contributed by atoms with van der Waals surface area (Å²) >= 11 is 10.3. The minimum atomic E-state index is -3.46. The number of nitrogens with zero attached hydrogens (tertiary/aromatic N) is 5. The Labute approximate surface area is 262 Å². The van der Waals surface area contributed by atoms with E-state index >= 15 is 0 Å². The maximum absolute atomic E-state index is 11.9. The maximum atomic E-state index is 11.9. The van der Waals surface area contributed by atoms with Gasteiger partial charge in [0.2, 0.25) is 16.0 Å². The van der Waals surface area contributed by atoms with E-state index in [1.54, 1.807) is 12.3 Å². The summed E-state index contributed by atoms with van der Waals surface area (Å²) in [6, 6.07) is 10.1. The van der Waals surface area contributed by atoms with Gasteiger partial charge in [-0.25, -0.2) is 13.4 Å². The van der Waals surface area contributed by atoms with Crippen molar-refractivity contribution in [1.82, 2.24) is 19.8 Å². The van der Waals surface area contributed by atoms with E-state index in [1.165, 1.54) is 0 Å². The number of nitrogens with one attached hydrogen (secondary N) is 3. The number of likely N-dealkylation sites (N-methyl/N-ethyl adjacent to an activating group) is 1. The van der Waals surface area contributed by atoms with Gasteiger partial charge < -0.3 is 20.4 Å². The second-order valence-corrected chi connectivity index (χ2v) is 14.2. The largest absolute Gasteiger partial charge is 0.371 e. The molecule has 3 N–H and O–H groups in total. The molecule has 13 heteroatoms. The Morgan fingerprint density at radius 2 is 1.67 bits per heavy atom. The van der Waals surface area contributed by atoms with Crippen LogP contribution in [0.2, 0.25) is 5.02 Å². The SMILES string of the molecule is Cc1ccc(NS(C)(=O)=O)c(Nc2nc(Nc3cc(C)c(N4CCC(N5CCN(C)CC5)CC4)cc3Cl)ncc2Br)c1. The number of sulfonamides is 1. The molecule has 0 unspecified atom stereocenters. The monoisotopic (exact) mass is 676 g/mol. The van der Waals surface area contributed by atoms with E-state index in [-0.39, 0.29) is 0 Å². The molecule has 42 heavy (non-hydrogen) atoms. The molecular weight excluding hydrogens is 640 g/mol. The maximum Gasteiger partial charge on any atom is 0.229 e. The Bertz CT molecular complexity index is 1540. The molecule has 3 heterocycles. The highest BCUT2D eigenvalue weighted by Gasteiger charge is 2.27. The number of rotatable bonds is 8. The molecule has 0 spiro atoms. The van der Waals surface area contributed by atoms with Crippen LogP contribution in [-0.2, 0) is 10.0 Å². The highest BCUT2D eigenvalue weighted by molar-refractivity contribution is 9.10. The third-order valence-electron chi connectivity index (χ3n) is 7.86. The van der Waals surface area contributed by atoms with Gasteiger partial charge in [0.05, 0.1) is 32.8 Å². The predicted octanol–water partition coefficient (Wildman–Crippen LogP) is 5.58. The third-order valence-corrected chi connectivity index (χ3v) is 9.34. The number of piperidine rings is 1. The van der Waals surface area contributed by atoms with Crippen LogP contribution in [0.25, 0.3) is 0 Å². The Kier molecular flexibility index (Phi) is 9.48. The molecule has 5 rings (SSSR count). The molecule has 226 valence electrons. The number of benzene rings is 2. The molecule has 10 nitrogen and oxygen atoms in total. The first-order valence-electron chi connectivity index (χ1n) is 14.1. The molecule has 2 aromatic carbocycles. The highest BCUT2D eigenvalue weighted by atomic mass is 79.9. The molecule has 2 fully saturated rings. The Balaban J connectivity index is 1.28. The lowest BCUT2D eigenvalue weighted by Crippen LogP contribution is -2.52. The first-order valence-corrected chi connectivity index (χ1v) is 17.1. The fourth-order valence-electron chi connectivity index (χ4n) is 5.58. The van der Waals surface area contributed by atoms with Gasteiger partial charge in [-0.15, -0.1) is 0 Å². The van der Waals surface area contributed by atoms with Crippen LogP contribution in [0.1, 0.15) is 24.0 Å². The summed E-state index contributed by atoms with van der Waals surface area (Å²) in [4.78, 5) is 16.6. The summed E-state index contributed by atoms with van der Waals surface area (Å²) in [5.74, 6) is 0.829. The minimum absolute atomic E-state index is 0.355. The Morgan fingerprint density at radius 3 is 2.36 bits per heavy atom. The summed E-state index contributed by atoms with van der Waals surface area (Å²) in [5, 5.41) is 7.08. The molecule has 0 bridgehead atoms. The Hall–Kier alpha value is -2.64. The number of halogens is 2. The van der Waals surface area contributed by atoms with E-state index < -0.39 is 10.0 Å². The predicted molar refractivity (Wildman–Crippen MR) is 176 cm³/mol. The second kappa shape index (κ2) is 12.9. The fourth-order valence-corrected chi connectivity index (χ4v) is 6.65. The fraction of sp³-hybridized carbons (Fsp3) is 0.448. The number of anilines is 6. The van der Waals surface area contributed by atoms with Crippen molar-refractivity contribution >= 4 is 72.1 Å². The number of piperazine rings is 1. The molecule has 2 saturated heterocycles. The van der Waals surface area contributed by atoms with Crippen molar-refractivity contribution in [2.24, 2.45) is 0 Å². The van der Waals surface area contributed by atoms with Crippen LogP contribution < -0.4 is 20.3 Å². The number of hydrogen-bond acceptors (Lipinski definition) is 9. The van der Waals surface area contributed by atoms with Crippen LogP contribution in [0.5, 0.6) is 0 Å². The number of aromatic nitrogens is 2. The first-order chi connectivity index (χ1) is 19.9. The van der Waals surface area contributed by atoms with Crippen LogP contribution in [0, 0.1) is 13.8 Å².